The van der Waals surface area contributed by atoms with E-state index in [2.05, 4.69) is 5.32 Å². The maximum atomic E-state index is 12.2. The number of esters is 1. The topological polar surface area (TPSA) is 69.9 Å². The zero-order valence-electron chi connectivity index (χ0n) is 15.7. The molecule has 2 aromatic rings. The van der Waals surface area contributed by atoms with E-state index >= 15 is 0 Å². The molecule has 0 aliphatic carbocycles. The summed E-state index contributed by atoms with van der Waals surface area (Å²) in [5.74, 6) is -0.455. The highest BCUT2D eigenvalue weighted by Gasteiger charge is 2.28. The Morgan fingerprint density at radius 3 is 2.46 bits per heavy atom. The Labute approximate surface area is 154 Å². The van der Waals surface area contributed by atoms with E-state index < -0.39 is 17.9 Å². The third-order valence-corrected chi connectivity index (χ3v) is 4.10. The van der Waals surface area contributed by atoms with Gasteiger partial charge in [0.2, 0.25) is 0 Å². The molecule has 2 atom stereocenters. The smallest absolute Gasteiger partial charge is 0.323 e. The molecule has 1 aromatic carbocycles. The average molecular weight is 361 g/mol. The first-order valence-electron chi connectivity index (χ1n) is 8.56. The molecule has 6 heteroatoms. The summed E-state index contributed by atoms with van der Waals surface area (Å²) >= 11 is 0. The highest BCUT2D eigenvalue weighted by molar-refractivity contribution is 5.76. The molecule has 1 heterocycles. The van der Waals surface area contributed by atoms with Crippen molar-refractivity contribution in [2.75, 3.05) is 20.8 Å². The predicted molar refractivity (Wildman–Crippen MR) is 97.6 cm³/mol. The molecule has 0 fully saturated rings. The van der Waals surface area contributed by atoms with Crippen molar-refractivity contribution in [2.24, 2.45) is 0 Å². The predicted octanol–water partition coefficient (Wildman–Crippen LogP) is 3.09. The molecule has 0 radical (unpaired) electrons. The van der Waals surface area contributed by atoms with Crippen molar-refractivity contribution in [3.63, 3.8) is 0 Å². The molecule has 0 aliphatic heterocycles. The van der Waals surface area contributed by atoms with Crippen LogP contribution < -0.4 is 5.32 Å². The molecule has 0 spiro atoms. The fraction of sp³-hybridized carbons (Fsp3) is 0.450. The molecule has 0 saturated heterocycles. The van der Waals surface area contributed by atoms with Gasteiger partial charge in [-0.05, 0) is 38.0 Å². The van der Waals surface area contributed by atoms with Gasteiger partial charge in [0.1, 0.15) is 17.9 Å². The monoisotopic (exact) mass is 361 g/mol. The lowest BCUT2D eigenvalue weighted by atomic mass is 10.1. The first-order valence-corrected chi connectivity index (χ1v) is 8.56. The number of rotatable bonds is 10. The van der Waals surface area contributed by atoms with E-state index in [0.717, 1.165) is 5.56 Å². The van der Waals surface area contributed by atoms with E-state index in [9.17, 15) is 4.79 Å². The zero-order valence-corrected chi connectivity index (χ0v) is 15.7. The summed E-state index contributed by atoms with van der Waals surface area (Å²) < 4.78 is 21.8. The molecule has 0 bridgehead atoms. The van der Waals surface area contributed by atoms with Crippen molar-refractivity contribution in [1.82, 2.24) is 5.32 Å². The molecule has 0 saturated carbocycles. The molecule has 0 aliphatic rings. The normalized spacial score (nSPS) is 14.0. The number of methoxy groups -OCH3 is 2. The van der Waals surface area contributed by atoms with Gasteiger partial charge in [-0.3, -0.25) is 4.79 Å². The lowest BCUT2D eigenvalue weighted by Gasteiger charge is -2.29. The van der Waals surface area contributed by atoms with Crippen molar-refractivity contribution < 1.29 is 23.4 Å². The van der Waals surface area contributed by atoms with Crippen molar-refractivity contribution in [3.05, 3.63) is 60.1 Å². The Morgan fingerprint density at radius 2 is 1.88 bits per heavy atom. The summed E-state index contributed by atoms with van der Waals surface area (Å²) in [5, 5.41) is 3.24. The van der Waals surface area contributed by atoms with Crippen LogP contribution in [0.4, 0.5) is 0 Å². The summed E-state index contributed by atoms with van der Waals surface area (Å²) in [6.45, 7) is 4.02. The molecule has 2 rings (SSSR count). The van der Waals surface area contributed by atoms with Crippen LogP contribution in [0.5, 0.6) is 0 Å². The molecule has 26 heavy (non-hydrogen) atoms. The summed E-state index contributed by atoms with van der Waals surface area (Å²) in [4.78, 5) is 12.2. The van der Waals surface area contributed by atoms with Gasteiger partial charge in [-0.2, -0.15) is 0 Å². The van der Waals surface area contributed by atoms with Crippen LogP contribution in [-0.4, -0.2) is 38.6 Å². The molecule has 1 aromatic heterocycles. The van der Waals surface area contributed by atoms with Gasteiger partial charge < -0.3 is 23.9 Å². The molecule has 0 amide bonds. The molecule has 0 unspecified atom stereocenters. The van der Waals surface area contributed by atoms with E-state index in [1.807, 2.05) is 50.2 Å². The second kappa shape index (κ2) is 9.52. The number of hydrogen-bond acceptors (Lipinski definition) is 6. The molecule has 142 valence electrons. The minimum absolute atomic E-state index is 0.321. The Kier molecular flexibility index (Phi) is 7.38. The second-order valence-corrected chi connectivity index (χ2v) is 6.40. The van der Waals surface area contributed by atoms with E-state index in [4.69, 9.17) is 18.6 Å². The van der Waals surface area contributed by atoms with Crippen molar-refractivity contribution in [3.8, 4) is 0 Å². The highest BCUT2D eigenvalue weighted by Crippen LogP contribution is 2.25. The first-order chi connectivity index (χ1) is 12.4. The number of benzene rings is 1. The third-order valence-electron chi connectivity index (χ3n) is 4.10. The van der Waals surface area contributed by atoms with E-state index in [1.165, 1.54) is 7.11 Å². The quantitative estimate of drug-likeness (QED) is 0.518. The maximum absolute atomic E-state index is 12.2. The Balaban J connectivity index is 2.08. The Hall–Kier alpha value is -2.15. The largest absolute Gasteiger partial charge is 0.468 e. The number of ether oxygens (including phenoxy) is 3. The van der Waals surface area contributed by atoms with Crippen molar-refractivity contribution in [2.45, 2.75) is 38.2 Å². The van der Waals surface area contributed by atoms with Gasteiger partial charge in [0, 0.05) is 13.7 Å². The molecule has 1 N–H and O–H groups in total. The van der Waals surface area contributed by atoms with Gasteiger partial charge in [-0.25, -0.2) is 0 Å². The van der Waals surface area contributed by atoms with Crippen molar-refractivity contribution in [1.29, 1.82) is 0 Å². The lowest BCUT2D eigenvalue weighted by molar-refractivity contribution is -0.227. The number of carbonyl (C=O) groups excluding carboxylic acids is 1. The van der Waals surface area contributed by atoms with Crippen LogP contribution in [0.3, 0.4) is 0 Å². The molecular weight excluding hydrogens is 334 g/mol. The lowest BCUT2D eigenvalue weighted by Crippen LogP contribution is -2.43. The molecular formula is C20H27NO5. The second-order valence-electron chi connectivity index (χ2n) is 6.40. The van der Waals surface area contributed by atoms with Crippen LogP contribution >= 0.6 is 0 Å². The van der Waals surface area contributed by atoms with Crippen LogP contribution in [0, 0.1) is 0 Å². The number of carbonyl (C=O) groups is 1. The number of hydrogen-bond donors (Lipinski definition) is 1. The summed E-state index contributed by atoms with van der Waals surface area (Å²) in [6, 6.07) is 12.9. The minimum Gasteiger partial charge on any atom is -0.468 e. The van der Waals surface area contributed by atoms with Gasteiger partial charge >= 0.3 is 5.97 Å². The van der Waals surface area contributed by atoms with Gasteiger partial charge in [0.05, 0.1) is 13.4 Å². The minimum atomic E-state index is -0.792. The highest BCUT2D eigenvalue weighted by atomic mass is 16.7. The first kappa shape index (κ1) is 20.2. The Morgan fingerprint density at radius 1 is 1.15 bits per heavy atom. The van der Waals surface area contributed by atoms with E-state index in [1.54, 1.807) is 19.4 Å². The van der Waals surface area contributed by atoms with Crippen LogP contribution in [0.25, 0.3) is 0 Å². The summed E-state index contributed by atoms with van der Waals surface area (Å²) in [7, 11) is 2.97. The molecule has 6 nitrogen and oxygen atoms in total. The fourth-order valence-electron chi connectivity index (χ4n) is 2.55. The van der Waals surface area contributed by atoms with Crippen molar-refractivity contribution >= 4 is 5.97 Å². The number of furan rings is 1. The Bertz CT molecular complexity index is 654. The van der Waals surface area contributed by atoms with Crippen LogP contribution in [0.2, 0.25) is 0 Å². The van der Waals surface area contributed by atoms with Gasteiger partial charge in [0.25, 0.3) is 0 Å². The van der Waals surface area contributed by atoms with Crippen LogP contribution in [-0.2, 0) is 25.4 Å². The van der Waals surface area contributed by atoms with Crippen LogP contribution in [0.15, 0.2) is 53.1 Å². The van der Waals surface area contributed by atoms with Crippen LogP contribution in [0.1, 0.15) is 31.3 Å². The maximum Gasteiger partial charge on any atom is 0.323 e. The van der Waals surface area contributed by atoms with E-state index in [-0.39, 0.29) is 5.97 Å². The zero-order chi connectivity index (χ0) is 19.0. The summed E-state index contributed by atoms with van der Waals surface area (Å²) in [5.41, 5.74) is 1.04. The standard InChI is InChI=1S/C20H27NO5/c1-20(2,24-4)26-18(17-11-8-12-25-17)14-21-16(19(22)23-3)13-15-9-6-5-7-10-15/h5-12,16,18,21H,13-14H2,1-4H3/t16-,18+/m0/s1. The summed E-state index contributed by atoms with van der Waals surface area (Å²) in [6.07, 6.45) is 1.70. The fourth-order valence-corrected chi connectivity index (χ4v) is 2.55. The number of nitrogens with one attached hydrogen (secondary N) is 1. The van der Waals surface area contributed by atoms with Gasteiger partial charge in [-0.15, -0.1) is 0 Å². The van der Waals surface area contributed by atoms with Gasteiger partial charge in [0.15, 0.2) is 5.79 Å². The third kappa shape index (κ3) is 5.98. The average Bonchev–Trinajstić information content (AvgIpc) is 3.18. The van der Waals surface area contributed by atoms with E-state index in [0.29, 0.717) is 18.7 Å². The van der Waals surface area contributed by atoms with Gasteiger partial charge in [-0.1, -0.05) is 30.3 Å². The SMILES string of the molecule is COC(=O)[C@H](Cc1ccccc1)NC[C@@H](OC(C)(C)OC)c1ccco1.